The van der Waals surface area contributed by atoms with Crippen LogP contribution in [0.3, 0.4) is 0 Å². The fraction of sp³-hybridized carbons (Fsp3) is 0.600. The Morgan fingerprint density at radius 1 is 0.826 bits per heavy atom. The van der Waals surface area contributed by atoms with E-state index in [1.54, 1.807) is 12.1 Å². The molecule has 0 N–H and O–H groups in total. The second-order valence-corrected chi connectivity index (χ2v) is 6.25. The van der Waals surface area contributed by atoms with Gasteiger partial charge in [-0.15, -0.1) is 0 Å². The monoisotopic (exact) mass is 326 g/mol. The molecule has 130 valence electrons. The highest BCUT2D eigenvalue weighted by molar-refractivity contribution is 5.67. The molecule has 0 spiro atoms. The van der Waals surface area contributed by atoms with Crippen molar-refractivity contribution in [2.24, 2.45) is 0 Å². The molecule has 0 aromatic heterocycles. The lowest BCUT2D eigenvalue weighted by molar-refractivity contribution is -0.0686. The summed E-state index contributed by atoms with van der Waals surface area (Å²) < 4.78 is 37.7. The molecule has 0 saturated heterocycles. The zero-order valence-electron chi connectivity index (χ0n) is 14.2. The first-order valence-electron chi connectivity index (χ1n) is 8.80. The molecule has 0 unspecified atom stereocenters. The third kappa shape index (κ3) is 8.24. The van der Waals surface area contributed by atoms with Crippen molar-refractivity contribution < 1.29 is 13.2 Å². The summed E-state index contributed by atoms with van der Waals surface area (Å²) in [5.74, 6) is 0. The number of rotatable bonds is 11. The van der Waals surface area contributed by atoms with E-state index in [9.17, 15) is 13.2 Å². The smallest absolute Gasteiger partial charge is 0.166 e. The Morgan fingerprint density at radius 2 is 1.30 bits per heavy atom. The molecule has 0 atom stereocenters. The van der Waals surface area contributed by atoms with Crippen molar-refractivity contribution in [3.8, 4) is 0 Å². The molecule has 1 aromatic carbocycles. The Labute approximate surface area is 138 Å². The summed E-state index contributed by atoms with van der Waals surface area (Å²) >= 11 is 0. The second-order valence-electron chi connectivity index (χ2n) is 6.25. The number of benzene rings is 1. The molecule has 1 aromatic rings. The van der Waals surface area contributed by atoms with E-state index in [2.05, 4.69) is 13.5 Å². The molecule has 23 heavy (non-hydrogen) atoms. The van der Waals surface area contributed by atoms with Crippen LogP contribution in [0.5, 0.6) is 0 Å². The zero-order valence-corrected chi connectivity index (χ0v) is 14.2. The molecule has 0 heterocycles. The van der Waals surface area contributed by atoms with Gasteiger partial charge >= 0.3 is 6.18 Å². The van der Waals surface area contributed by atoms with Gasteiger partial charge in [0.05, 0.1) is 5.57 Å². The van der Waals surface area contributed by atoms with E-state index in [1.165, 1.54) is 63.5 Å². The fourth-order valence-corrected chi connectivity index (χ4v) is 2.68. The lowest BCUT2D eigenvalue weighted by Crippen LogP contribution is -2.09. The molecule has 0 nitrogen and oxygen atoms in total. The van der Waals surface area contributed by atoms with E-state index >= 15 is 0 Å². The van der Waals surface area contributed by atoms with Gasteiger partial charge in [0.1, 0.15) is 0 Å². The second kappa shape index (κ2) is 10.5. The maximum Gasteiger partial charge on any atom is 0.416 e. The largest absolute Gasteiger partial charge is 0.416 e. The highest BCUT2D eigenvalue weighted by Gasteiger charge is 2.32. The first kappa shape index (κ1) is 19.8. The Balaban J connectivity index is 2.18. The van der Waals surface area contributed by atoms with Gasteiger partial charge in [-0.3, -0.25) is 0 Å². The minimum Gasteiger partial charge on any atom is -0.166 e. The van der Waals surface area contributed by atoms with E-state index in [0.717, 1.165) is 18.4 Å². The molecule has 0 aliphatic carbocycles. The van der Waals surface area contributed by atoms with Gasteiger partial charge in [0.25, 0.3) is 0 Å². The van der Waals surface area contributed by atoms with Crippen LogP contribution in [0.15, 0.2) is 30.8 Å². The predicted octanol–water partition coefficient (Wildman–Crippen LogP) is 7.34. The third-order valence-electron chi connectivity index (χ3n) is 4.21. The van der Waals surface area contributed by atoms with Crippen molar-refractivity contribution in [1.82, 2.24) is 0 Å². The van der Waals surface area contributed by atoms with Crippen molar-refractivity contribution in [3.63, 3.8) is 0 Å². The van der Waals surface area contributed by atoms with Gasteiger partial charge in [-0.1, -0.05) is 89.1 Å². The van der Waals surface area contributed by atoms with Gasteiger partial charge < -0.3 is 0 Å². The summed E-state index contributed by atoms with van der Waals surface area (Å²) in [6.07, 6.45) is 8.11. The number of aryl methyl sites for hydroxylation is 1. The fourth-order valence-electron chi connectivity index (χ4n) is 2.68. The molecular formula is C20H29F3. The van der Waals surface area contributed by atoms with Gasteiger partial charge in [-0.25, -0.2) is 0 Å². The van der Waals surface area contributed by atoms with Crippen LogP contribution in [-0.2, 0) is 6.42 Å². The maximum absolute atomic E-state index is 12.6. The minimum atomic E-state index is -4.35. The van der Waals surface area contributed by atoms with Crippen molar-refractivity contribution in [2.45, 2.75) is 77.3 Å². The van der Waals surface area contributed by atoms with Gasteiger partial charge in [0, 0.05) is 0 Å². The quantitative estimate of drug-likeness (QED) is 0.373. The molecule has 0 amide bonds. The number of alkyl halides is 3. The number of unbranched alkanes of at least 4 members (excludes halogenated alkanes) is 8. The van der Waals surface area contributed by atoms with Crippen LogP contribution < -0.4 is 0 Å². The molecular weight excluding hydrogens is 297 g/mol. The number of hydrogen-bond acceptors (Lipinski definition) is 0. The molecule has 1 rings (SSSR count). The molecule has 0 aliphatic rings. The molecule has 0 radical (unpaired) electrons. The van der Waals surface area contributed by atoms with Crippen molar-refractivity contribution in [3.05, 3.63) is 42.0 Å². The Bertz CT molecular complexity index is 443. The highest BCUT2D eigenvalue weighted by atomic mass is 19.4. The van der Waals surface area contributed by atoms with Crippen LogP contribution in [0.4, 0.5) is 13.2 Å². The molecule has 0 fully saturated rings. The van der Waals surface area contributed by atoms with Gasteiger partial charge in [0.15, 0.2) is 0 Å². The molecule has 3 heteroatoms. The number of allylic oxidation sites excluding steroid dienone is 1. The molecule has 0 saturated carbocycles. The summed E-state index contributed by atoms with van der Waals surface area (Å²) in [6.45, 7) is 5.35. The third-order valence-corrected chi connectivity index (χ3v) is 4.21. The van der Waals surface area contributed by atoms with E-state index in [0.29, 0.717) is 0 Å². The van der Waals surface area contributed by atoms with Crippen LogP contribution in [0.1, 0.15) is 75.8 Å². The number of halogens is 3. The van der Waals surface area contributed by atoms with E-state index in [4.69, 9.17) is 0 Å². The number of hydrogen-bond donors (Lipinski definition) is 0. The first-order chi connectivity index (χ1) is 10.9. The van der Waals surface area contributed by atoms with Crippen LogP contribution in [-0.4, -0.2) is 6.18 Å². The average molecular weight is 326 g/mol. The lowest BCUT2D eigenvalue weighted by atomic mass is 10.0. The van der Waals surface area contributed by atoms with Crippen molar-refractivity contribution in [2.75, 3.05) is 0 Å². The SMILES string of the molecule is C=C(c1ccc(CCCCCCCCCCC)cc1)C(F)(F)F. The Hall–Kier alpha value is -1.25. The summed E-state index contributed by atoms with van der Waals surface area (Å²) in [5.41, 5.74) is 0.493. The molecule has 0 aliphatic heterocycles. The van der Waals surface area contributed by atoms with Crippen LogP contribution >= 0.6 is 0 Å². The summed E-state index contributed by atoms with van der Waals surface area (Å²) in [6, 6.07) is 6.63. The Morgan fingerprint density at radius 3 is 1.78 bits per heavy atom. The summed E-state index contributed by atoms with van der Waals surface area (Å²) in [7, 11) is 0. The van der Waals surface area contributed by atoms with E-state index in [-0.39, 0.29) is 5.56 Å². The predicted molar refractivity (Wildman–Crippen MR) is 92.5 cm³/mol. The van der Waals surface area contributed by atoms with Crippen molar-refractivity contribution in [1.29, 1.82) is 0 Å². The highest BCUT2D eigenvalue weighted by Crippen LogP contribution is 2.32. The Kier molecular flexibility index (Phi) is 9.05. The van der Waals surface area contributed by atoms with E-state index in [1.807, 2.05) is 0 Å². The first-order valence-corrected chi connectivity index (χ1v) is 8.80. The van der Waals surface area contributed by atoms with Crippen LogP contribution in [0, 0.1) is 0 Å². The van der Waals surface area contributed by atoms with Crippen LogP contribution in [0.2, 0.25) is 0 Å². The summed E-state index contributed by atoms with van der Waals surface area (Å²) in [4.78, 5) is 0. The topological polar surface area (TPSA) is 0 Å². The zero-order chi connectivity index (χ0) is 17.1. The summed E-state index contributed by atoms with van der Waals surface area (Å²) in [5, 5.41) is 0. The van der Waals surface area contributed by atoms with Gasteiger partial charge in [-0.05, 0) is 24.0 Å². The lowest BCUT2D eigenvalue weighted by Gasteiger charge is -2.10. The maximum atomic E-state index is 12.6. The normalized spacial score (nSPS) is 11.7. The van der Waals surface area contributed by atoms with Crippen molar-refractivity contribution >= 4 is 5.57 Å². The standard InChI is InChI=1S/C20H29F3/c1-3-4-5-6-7-8-9-10-11-12-18-13-15-19(16-14-18)17(2)20(21,22)23/h13-16H,2-12H2,1H3. The van der Waals surface area contributed by atoms with Gasteiger partial charge in [0.2, 0.25) is 0 Å². The minimum absolute atomic E-state index is 0.160. The molecule has 0 bridgehead atoms. The van der Waals surface area contributed by atoms with E-state index < -0.39 is 11.7 Å². The van der Waals surface area contributed by atoms with Gasteiger partial charge in [-0.2, -0.15) is 13.2 Å². The average Bonchev–Trinajstić information content (AvgIpc) is 2.52. The van der Waals surface area contributed by atoms with Crippen LogP contribution in [0.25, 0.3) is 5.57 Å².